The van der Waals surface area contributed by atoms with Gasteiger partial charge in [-0.15, -0.1) is 0 Å². The van der Waals surface area contributed by atoms with E-state index in [1.807, 2.05) is 6.92 Å². The van der Waals surface area contributed by atoms with Gasteiger partial charge in [0.25, 0.3) is 0 Å². The van der Waals surface area contributed by atoms with Crippen molar-refractivity contribution in [1.82, 2.24) is 9.78 Å². The summed E-state index contributed by atoms with van der Waals surface area (Å²) in [5, 5.41) is 13.5. The van der Waals surface area contributed by atoms with E-state index in [0.717, 1.165) is 31.4 Å². The van der Waals surface area contributed by atoms with Crippen LogP contribution < -0.4 is 0 Å². The standard InChI is InChI=1S/C13H20N2O2/c1-8-9(2)14-15(10(8)3)12-6-4-11(5-7-12)13(16)17/h11-12H,4-7H2,1-3H3,(H,16,17). The zero-order valence-corrected chi connectivity index (χ0v) is 10.7. The Morgan fingerprint density at radius 1 is 1.24 bits per heavy atom. The fourth-order valence-corrected chi connectivity index (χ4v) is 2.67. The molecule has 94 valence electrons. The highest BCUT2D eigenvalue weighted by molar-refractivity contribution is 5.70. The summed E-state index contributed by atoms with van der Waals surface area (Å²) >= 11 is 0. The average molecular weight is 236 g/mol. The summed E-state index contributed by atoms with van der Waals surface area (Å²) in [6, 6.07) is 0.387. The fraction of sp³-hybridized carbons (Fsp3) is 0.692. The molecule has 2 rings (SSSR count). The molecule has 4 heteroatoms. The van der Waals surface area contributed by atoms with Crippen molar-refractivity contribution < 1.29 is 9.90 Å². The maximum Gasteiger partial charge on any atom is 0.306 e. The van der Waals surface area contributed by atoms with Crippen LogP contribution in [0.5, 0.6) is 0 Å². The van der Waals surface area contributed by atoms with Crippen LogP contribution >= 0.6 is 0 Å². The number of carboxylic acids is 1. The van der Waals surface area contributed by atoms with Gasteiger partial charge in [-0.2, -0.15) is 5.10 Å². The van der Waals surface area contributed by atoms with Gasteiger partial charge >= 0.3 is 5.97 Å². The van der Waals surface area contributed by atoms with E-state index in [0.29, 0.717) is 6.04 Å². The molecule has 1 aromatic heterocycles. The number of aryl methyl sites for hydroxylation is 1. The van der Waals surface area contributed by atoms with Crippen LogP contribution in [0.1, 0.15) is 48.7 Å². The summed E-state index contributed by atoms with van der Waals surface area (Å²) in [6.45, 7) is 6.22. The Bertz CT molecular complexity index is 429. The van der Waals surface area contributed by atoms with E-state index in [2.05, 4.69) is 23.6 Å². The normalized spacial score (nSPS) is 24.9. The van der Waals surface area contributed by atoms with Crippen molar-refractivity contribution in [3.05, 3.63) is 17.0 Å². The summed E-state index contributed by atoms with van der Waals surface area (Å²) in [7, 11) is 0. The zero-order valence-electron chi connectivity index (χ0n) is 10.7. The molecular formula is C13H20N2O2. The van der Waals surface area contributed by atoms with Gasteiger partial charge < -0.3 is 5.11 Å². The molecule has 0 radical (unpaired) electrons. The van der Waals surface area contributed by atoms with Gasteiger partial charge in [0, 0.05) is 5.69 Å². The summed E-state index contributed by atoms with van der Waals surface area (Å²) in [6.07, 6.45) is 3.41. The van der Waals surface area contributed by atoms with Gasteiger partial charge in [0.15, 0.2) is 0 Å². The molecule has 1 saturated carbocycles. The predicted molar refractivity (Wildman–Crippen MR) is 65.1 cm³/mol. The highest BCUT2D eigenvalue weighted by atomic mass is 16.4. The molecule has 4 nitrogen and oxygen atoms in total. The number of carboxylic acid groups (broad SMARTS) is 1. The number of nitrogens with zero attached hydrogens (tertiary/aromatic N) is 2. The fourth-order valence-electron chi connectivity index (χ4n) is 2.67. The van der Waals surface area contributed by atoms with Gasteiger partial charge in [-0.05, 0) is 52.0 Å². The van der Waals surface area contributed by atoms with Crippen molar-refractivity contribution in [2.45, 2.75) is 52.5 Å². The van der Waals surface area contributed by atoms with Crippen molar-refractivity contribution in [2.75, 3.05) is 0 Å². The van der Waals surface area contributed by atoms with Crippen molar-refractivity contribution in [3.8, 4) is 0 Å². The zero-order chi connectivity index (χ0) is 12.6. The molecule has 0 bridgehead atoms. The second-order valence-electron chi connectivity index (χ2n) is 5.08. The Morgan fingerprint density at radius 3 is 2.24 bits per heavy atom. The molecular weight excluding hydrogens is 216 g/mol. The molecule has 0 spiro atoms. The van der Waals surface area contributed by atoms with Crippen LogP contribution in [0.3, 0.4) is 0 Å². The first-order valence-electron chi connectivity index (χ1n) is 6.25. The Labute approximate surface area is 102 Å². The van der Waals surface area contributed by atoms with Crippen LogP contribution in [0.15, 0.2) is 0 Å². The molecule has 1 heterocycles. The molecule has 1 N–H and O–H groups in total. The lowest BCUT2D eigenvalue weighted by Gasteiger charge is -2.27. The third-order valence-corrected chi connectivity index (χ3v) is 4.08. The number of aliphatic carboxylic acids is 1. The maximum absolute atomic E-state index is 10.9. The monoisotopic (exact) mass is 236 g/mol. The first-order valence-corrected chi connectivity index (χ1v) is 6.25. The molecule has 1 aliphatic rings. The lowest BCUT2D eigenvalue weighted by Crippen LogP contribution is -2.24. The minimum atomic E-state index is -0.645. The highest BCUT2D eigenvalue weighted by Gasteiger charge is 2.28. The number of hydrogen-bond donors (Lipinski definition) is 1. The molecule has 0 unspecified atom stereocenters. The summed E-state index contributed by atoms with van der Waals surface area (Å²) in [5.41, 5.74) is 3.56. The smallest absolute Gasteiger partial charge is 0.306 e. The molecule has 1 aromatic rings. The summed E-state index contributed by atoms with van der Waals surface area (Å²) in [5.74, 6) is -0.794. The molecule has 1 aliphatic carbocycles. The third-order valence-electron chi connectivity index (χ3n) is 4.08. The van der Waals surface area contributed by atoms with Gasteiger partial charge in [0.1, 0.15) is 0 Å². The second kappa shape index (κ2) is 4.51. The number of carbonyl (C=O) groups is 1. The van der Waals surface area contributed by atoms with E-state index < -0.39 is 5.97 Å². The largest absolute Gasteiger partial charge is 0.481 e. The number of rotatable bonds is 2. The predicted octanol–water partition coefficient (Wildman–Crippen LogP) is 2.62. The highest BCUT2D eigenvalue weighted by Crippen LogP contribution is 2.33. The van der Waals surface area contributed by atoms with Crippen LogP contribution in [-0.4, -0.2) is 20.9 Å². The first kappa shape index (κ1) is 12.1. The van der Waals surface area contributed by atoms with E-state index in [1.54, 1.807) is 0 Å². The molecule has 0 atom stereocenters. The summed E-state index contributed by atoms with van der Waals surface area (Å²) in [4.78, 5) is 10.9. The van der Waals surface area contributed by atoms with Crippen molar-refractivity contribution in [2.24, 2.45) is 5.92 Å². The minimum absolute atomic E-state index is 0.149. The quantitative estimate of drug-likeness (QED) is 0.858. The van der Waals surface area contributed by atoms with Gasteiger partial charge in [-0.25, -0.2) is 0 Å². The first-order chi connectivity index (χ1) is 8.00. The number of aromatic nitrogens is 2. The van der Waals surface area contributed by atoms with E-state index in [9.17, 15) is 4.79 Å². The van der Waals surface area contributed by atoms with Crippen molar-refractivity contribution >= 4 is 5.97 Å². The van der Waals surface area contributed by atoms with Gasteiger partial charge in [-0.3, -0.25) is 9.48 Å². The molecule has 17 heavy (non-hydrogen) atoms. The maximum atomic E-state index is 10.9. The third kappa shape index (κ3) is 2.21. The van der Waals surface area contributed by atoms with Crippen LogP contribution in [-0.2, 0) is 4.79 Å². The van der Waals surface area contributed by atoms with E-state index in [4.69, 9.17) is 5.11 Å². The van der Waals surface area contributed by atoms with Crippen molar-refractivity contribution in [1.29, 1.82) is 0 Å². The minimum Gasteiger partial charge on any atom is -0.481 e. The van der Waals surface area contributed by atoms with E-state index in [-0.39, 0.29) is 5.92 Å². The molecule has 1 fully saturated rings. The molecule has 0 aliphatic heterocycles. The average Bonchev–Trinajstić information content (AvgIpc) is 2.57. The van der Waals surface area contributed by atoms with Gasteiger partial charge in [0.2, 0.25) is 0 Å². The van der Waals surface area contributed by atoms with Crippen LogP contribution in [0, 0.1) is 26.7 Å². The summed E-state index contributed by atoms with van der Waals surface area (Å²) < 4.78 is 2.10. The Morgan fingerprint density at radius 2 is 1.82 bits per heavy atom. The molecule has 0 aromatic carbocycles. The molecule has 0 saturated heterocycles. The van der Waals surface area contributed by atoms with Crippen LogP contribution in [0.4, 0.5) is 0 Å². The van der Waals surface area contributed by atoms with Gasteiger partial charge in [0.05, 0.1) is 17.7 Å². The van der Waals surface area contributed by atoms with Gasteiger partial charge in [-0.1, -0.05) is 0 Å². The number of hydrogen-bond acceptors (Lipinski definition) is 2. The second-order valence-corrected chi connectivity index (χ2v) is 5.08. The Hall–Kier alpha value is -1.32. The lowest BCUT2D eigenvalue weighted by molar-refractivity contribution is -0.143. The topological polar surface area (TPSA) is 55.1 Å². The molecule has 0 amide bonds. The van der Waals surface area contributed by atoms with Crippen LogP contribution in [0.2, 0.25) is 0 Å². The Kier molecular flexibility index (Phi) is 3.22. The lowest BCUT2D eigenvalue weighted by atomic mass is 9.86. The Balaban J connectivity index is 2.10. The van der Waals surface area contributed by atoms with Crippen LogP contribution in [0.25, 0.3) is 0 Å². The SMILES string of the molecule is Cc1nn(C2CCC(C(=O)O)CC2)c(C)c1C. The van der Waals surface area contributed by atoms with Crippen molar-refractivity contribution in [3.63, 3.8) is 0 Å². The van der Waals surface area contributed by atoms with E-state index >= 15 is 0 Å². The van der Waals surface area contributed by atoms with E-state index in [1.165, 1.54) is 11.3 Å².